The molecule has 0 saturated carbocycles. The fourth-order valence-corrected chi connectivity index (χ4v) is 3.58. The van der Waals surface area contributed by atoms with Gasteiger partial charge in [-0.3, -0.25) is 4.79 Å². The van der Waals surface area contributed by atoms with E-state index in [9.17, 15) is 4.79 Å². The van der Waals surface area contributed by atoms with Crippen LogP contribution in [-0.4, -0.2) is 10.4 Å². The van der Waals surface area contributed by atoms with E-state index in [1.165, 1.54) is 0 Å². The quantitative estimate of drug-likeness (QED) is 0.391. The summed E-state index contributed by atoms with van der Waals surface area (Å²) >= 11 is 6.23. The van der Waals surface area contributed by atoms with Gasteiger partial charge in [0.15, 0.2) is 5.78 Å². The van der Waals surface area contributed by atoms with Crippen LogP contribution in [0.5, 0.6) is 0 Å². The Balaban J connectivity index is 1.78. The molecule has 4 aromatic rings. The molecule has 128 valence electrons. The number of hydrogen-bond donors (Lipinski definition) is 0. The summed E-state index contributed by atoms with van der Waals surface area (Å²) in [6.07, 6.45) is 2.43. The van der Waals surface area contributed by atoms with Gasteiger partial charge in [-0.05, 0) is 35.2 Å². The molecule has 3 aromatic carbocycles. The van der Waals surface area contributed by atoms with Crippen molar-refractivity contribution < 1.29 is 4.79 Å². The highest BCUT2D eigenvalue weighted by molar-refractivity contribution is 6.30. The Bertz CT molecular complexity index is 1050. The maximum atomic E-state index is 12.9. The topological polar surface area (TPSA) is 22.0 Å². The summed E-state index contributed by atoms with van der Waals surface area (Å²) in [6, 6.07) is 27.4. The van der Waals surface area contributed by atoms with Crippen molar-refractivity contribution in [1.82, 2.24) is 4.57 Å². The van der Waals surface area contributed by atoms with E-state index < -0.39 is 0 Å². The largest absolute Gasteiger partial charge is 0.340 e. The lowest BCUT2D eigenvalue weighted by Crippen LogP contribution is -2.15. The first-order chi connectivity index (χ1) is 12.7. The summed E-state index contributed by atoms with van der Waals surface area (Å²) < 4.78 is 2.17. The summed E-state index contributed by atoms with van der Waals surface area (Å²) in [6.45, 7) is 0. The number of aromatic nitrogens is 1. The molecule has 26 heavy (non-hydrogen) atoms. The van der Waals surface area contributed by atoms with Crippen molar-refractivity contribution in [2.75, 3.05) is 0 Å². The average Bonchev–Trinajstić information content (AvgIpc) is 3.10. The SMILES string of the molecule is O=C(C[C@H](c1cccc(Cl)c1)n1ccc2ccccc21)c1ccccc1. The maximum absolute atomic E-state index is 12.9. The molecule has 0 N–H and O–H groups in total. The molecule has 0 amide bonds. The third-order valence-corrected chi connectivity index (χ3v) is 4.91. The molecule has 0 bridgehead atoms. The molecule has 4 rings (SSSR count). The average molecular weight is 360 g/mol. The summed E-state index contributed by atoms with van der Waals surface area (Å²) in [4.78, 5) is 12.9. The second-order valence-corrected chi connectivity index (χ2v) is 6.78. The van der Waals surface area contributed by atoms with Crippen LogP contribution in [0.15, 0.2) is 91.1 Å². The lowest BCUT2D eigenvalue weighted by atomic mass is 9.97. The number of ketones is 1. The van der Waals surface area contributed by atoms with E-state index in [-0.39, 0.29) is 11.8 Å². The van der Waals surface area contributed by atoms with Crippen LogP contribution in [0.1, 0.15) is 28.4 Å². The van der Waals surface area contributed by atoms with Crippen molar-refractivity contribution in [2.24, 2.45) is 0 Å². The Morgan fingerprint density at radius 2 is 1.65 bits per heavy atom. The molecule has 0 fully saturated rings. The predicted molar refractivity (Wildman–Crippen MR) is 107 cm³/mol. The van der Waals surface area contributed by atoms with Gasteiger partial charge in [0.2, 0.25) is 0 Å². The van der Waals surface area contributed by atoms with Crippen molar-refractivity contribution in [1.29, 1.82) is 0 Å². The van der Waals surface area contributed by atoms with Crippen LogP contribution < -0.4 is 0 Å². The van der Waals surface area contributed by atoms with Crippen LogP contribution in [-0.2, 0) is 0 Å². The Labute approximate surface area is 157 Å². The van der Waals surface area contributed by atoms with E-state index in [2.05, 4.69) is 29.0 Å². The molecule has 0 radical (unpaired) electrons. The number of benzene rings is 3. The number of nitrogens with zero attached hydrogens (tertiary/aromatic N) is 1. The van der Waals surface area contributed by atoms with Crippen LogP contribution in [0.3, 0.4) is 0 Å². The summed E-state index contributed by atoms with van der Waals surface area (Å²) in [7, 11) is 0. The molecule has 0 aliphatic rings. The van der Waals surface area contributed by atoms with Gasteiger partial charge in [0.1, 0.15) is 0 Å². The zero-order valence-electron chi connectivity index (χ0n) is 14.2. The second kappa shape index (κ2) is 7.19. The summed E-state index contributed by atoms with van der Waals surface area (Å²) in [5.74, 6) is 0.119. The van der Waals surface area contributed by atoms with Crippen molar-refractivity contribution in [2.45, 2.75) is 12.5 Å². The Hall–Kier alpha value is -2.84. The number of carbonyl (C=O) groups excluding carboxylic acids is 1. The van der Waals surface area contributed by atoms with Crippen molar-refractivity contribution in [3.8, 4) is 0 Å². The second-order valence-electron chi connectivity index (χ2n) is 6.35. The van der Waals surface area contributed by atoms with Crippen LogP contribution >= 0.6 is 11.6 Å². The van der Waals surface area contributed by atoms with Gasteiger partial charge in [-0.1, -0.05) is 72.3 Å². The van der Waals surface area contributed by atoms with Gasteiger partial charge in [-0.25, -0.2) is 0 Å². The minimum atomic E-state index is -0.110. The molecule has 0 aliphatic heterocycles. The monoisotopic (exact) mass is 359 g/mol. The Kier molecular flexibility index (Phi) is 4.59. The molecule has 1 aromatic heterocycles. The van der Waals surface area contributed by atoms with Crippen molar-refractivity contribution in [3.05, 3.63) is 107 Å². The molecular formula is C23H18ClNO. The van der Waals surface area contributed by atoms with E-state index in [0.29, 0.717) is 11.4 Å². The normalized spacial score (nSPS) is 12.2. The zero-order valence-corrected chi connectivity index (χ0v) is 14.9. The van der Waals surface area contributed by atoms with Crippen molar-refractivity contribution in [3.63, 3.8) is 0 Å². The van der Waals surface area contributed by atoms with Gasteiger partial charge < -0.3 is 4.57 Å². The van der Waals surface area contributed by atoms with Crippen LogP contribution in [0, 0.1) is 0 Å². The molecule has 0 saturated heterocycles. The number of para-hydroxylation sites is 1. The highest BCUT2D eigenvalue weighted by atomic mass is 35.5. The smallest absolute Gasteiger partial charge is 0.165 e. The number of hydrogen-bond acceptors (Lipinski definition) is 1. The van der Waals surface area contributed by atoms with Gasteiger partial charge in [0.05, 0.1) is 6.04 Å². The maximum Gasteiger partial charge on any atom is 0.165 e. The minimum absolute atomic E-state index is 0.110. The number of rotatable bonds is 5. The number of Topliss-reactive ketones (excluding diaryl/α,β-unsaturated/α-hetero) is 1. The van der Waals surface area contributed by atoms with Gasteiger partial charge in [-0.15, -0.1) is 0 Å². The van der Waals surface area contributed by atoms with E-state index in [4.69, 9.17) is 11.6 Å². The van der Waals surface area contributed by atoms with Gasteiger partial charge in [0, 0.05) is 28.7 Å². The van der Waals surface area contributed by atoms with Gasteiger partial charge in [-0.2, -0.15) is 0 Å². The molecule has 1 atom stereocenters. The first-order valence-corrected chi connectivity index (χ1v) is 8.99. The van der Waals surface area contributed by atoms with E-state index in [1.807, 2.05) is 66.7 Å². The third kappa shape index (κ3) is 3.29. The molecule has 1 heterocycles. The first kappa shape index (κ1) is 16.6. The molecule has 2 nitrogen and oxygen atoms in total. The van der Waals surface area contributed by atoms with Crippen molar-refractivity contribution >= 4 is 28.3 Å². The number of halogens is 1. The molecular weight excluding hydrogens is 342 g/mol. The zero-order chi connectivity index (χ0) is 17.9. The number of fused-ring (bicyclic) bond motifs is 1. The van der Waals surface area contributed by atoms with E-state index >= 15 is 0 Å². The Morgan fingerprint density at radius 3 is 2.46 bits per heavy atom. The third-order valence-electron chi connectivity index (χ3n) is 4.67. The highest BCUT2D eigenvalue weighted by Gasteiger charge is 2.20. The summed E-state index contributed by atoms with van der Waals surface area (Å²) in [5, 5.41) is 1.84. The molecule has 0 aliphatic carbocycles. The van der Waals surface area contributed by atoms with Crippen LogP contribution in [0.25, 0.3) is 10.9 Å². The van der Waals surface area contributed by atoms with Gasteiger partial charge in [0.25, 0.3) is 0 Å². The molecule has 3 heteroatoms. The molecule has 0 spiro atoms. The van der Waals surface area contributed by atoms with E-state index in [0.717, 1.165) is 22.0 Å². The fourth-order valence-electron chi connectivity index (χ4n) is 3.38. The summed E-state index contributed by atoms with van der Waals surface area (Å²) in [5.41, 5.74) is 2.87. The lowest BCUT2D eigenvalue weighted by Gasteiger charge is -2.21. The number of carbonyl (C=O) groups is 1. The lowest BCUT2D eigenvalue weighted by molar-refractivity contribution is 0.0970. The minimum Gasteiger partial charge on any atom is -0.340 e. The standard InChI is InChI=1S/C23H18ClNO/c24-20-11-6-10-19(15-20)22(16-23(26)18-8-2-1-3-9-18)25-14-13-17-7-4-5-12-21(17)25/h1-15,22H,16H2/t22-/m1/s1. The molecule has 0 unspecified atom stereocenters. The van der Waals surface area contributed by atoms with Crippen LogP contribution in [0.2, 0.25) is 5.02 Å². The fraction of sp³-hybridized carbons (Fsp3) is 0.0870. The van der Waals surface area contributed by atoms with E-state index in [1.54, 1.807) is 0 Å². The van der Waals surface area contributed by atoms with Gasteiger partial charge >= 0.3 is 0 Å². The predicted octanol–water partition coefficient (Wildman–Crippen LogP) is 6.16. The Morgan fingerprint density at radius 1 is 0.885 bits per heavy atom. The first-order valence-electron chi connectivity index (χ1n) is 8.61. The highest BCUT2D eigenvalue weighted by Crippen LogP contribution is 2.30. The van der Waals surface area contributed by atoms with Crippen LogP contribution in [0.4, 0.5) is 0 Å².